The number of halogens is 3. The summed E-state index contributed by atoms with van der Waals surface area (Å²) >= 11 is 15.1. The highest BCUT2D eigenvalue weighted by molar-refractivity contribution is 9.10. The van der Waals surface area contributed by atoms with Gasteiger partial charge in [0.1, 0.15) is 0 Å². The molecule has 0 aliphatic carbocycles. The number of hydrogen-bond acceptors (Lipinski definition) is 2. The topological polar surface area (TPSA) is 29.1 Å². The quantitative estimate of drug-likeness (QED) is 0.520. The molecule has 0 spiro atoms. The average Bonchev–Trinajstić information content (AvgIpc) is 2.43. The molecular weight excluding hydrogens is 373 g/mol. The Hall–Kier alpha value is -1.29. The zero-order valence-corrected chi connectivity index (χ0v) is 14.3. The van der Waals surface area contributed by atoms with Gasteiger partial charge >= 0.3 is 0 Å². The van der Waals surface area contributed by atoms with Gasteiger partial charge in [-0.05, 0) is 65.3 Å². The van der Waals surface area contributed by atoms with Crippen LogP contribution in [0.25, 0.3) is 0 Å². The first-order valence-corrected chi connectivity index (χ1v) is 7.71. The molecule has 0 radical (unpaired) electrons. The van der Waals surface area contributed by atoms with E-state index >= 15 is 0 Å². The van der Waals surface area contributed by atoms with E-state index in [-0.39, 0.29) is 5.78 Å². The van der Waals surface area contributed by atoms with Gasteiger partial charge in [-0.3, -0.25) is 4.79 Å². The summed E-state index contributed by atoms with van der Waals surface area (Å²) in [6, 6.07) is 12.3. The normalized spacial score (nSPS) is 11.3. The van der Waals surface area contributed by atoms with Crippen molar-refractivity contribution < 1.29 is 4.79 Å². The second-order valence-corrected chi connectivity index (χ2v) is 6.15. The number of benzene rings is 2. The SMILES string of the molecule is C/C(=C\C(=O)c1ccc(Cl)cc1)Nc1ccc(Cl)c(Br)c1. The number of allylic oxidation sites excluding steroid dienone is 2. The number of ketones is 1. The Morgan fingerprint density at radius 1 is 1.14 bits per heavy atom. The van der Waals surface area contributed by atoms with Gasteiger partial charge < -0.3 is 5.32 Å². The fraction of sp³-hybridized carbons (Fsp3) is 0.0625. The number of anilines is 1. The lowest BCUT2D eigenvalue weighted by Gasteiger charge is -2.07. The molecule has 21 heavy (non-hydrogen) atoms. The van der Waals surface area contributed by atoms with E-state index < -0.39 is 0 Å². The Kier molecular flexibility index (Phi) is 5.45. The lowest BCUT2D eigenvalue weighted by molar-refractivity contribution is 0.104. The Balaban J connectivity index is 2.11. The van der Waals surface area contributed by atoms with Gasteiger partial charge in [0.25, 0.3) is 0 Å². The van der Waals surface area contributed by atoms with E-state index in [1.54, 1.807) is 36.4 Å². The molecule has 0 fully saturated rings. The van der Waals surface area contributed by atoms with Gasteiger partial charge in [0.2, 0.25) is 0 Å². The van der Waals surface area contributed by atoms with Crippen LogP contribution in [0.4, 0.5) is 5.69 Å². The Morgan fingerprint density at radius 2 is 1.81 bits per heavy atom. The summed E-state index contributed by atoms with van der Waals surface area (Å²) in [5.41, 5.74) is 2.19. The number of carbonyl (C=O) groups is 1. The van der Waals surface area contributed by atoms with E-state index in [1.807, 2.05) is 19.1 Å². The van der Waals surface area contributed by atoms with E-state index in [0.29, 0.717) is 15.6 Å². The number of hydrogen-bond donors (Lipinski definition) is 1. The van der Waals surface area contributed by atoms with Crippen molar-refractivity contribution in [2.24, 2.45) is 0 Å². The van der Waals surface area contributed by atoms with Crippen molar-refractivity contribution in [1.29, 1.82) is 0 Å². The van der Waals surface area contributed by atoms with Crippen LogP contribution in [0, 0.1) is 0 Å². The maximum atomic E-state index is 12.1. The second kappa shape index (κ2) is 7.12. The van der Waals surface area contributed by atoms with Crippen molar-refractivity contribution in [3.63, 3.8) is 0 Å². The Labute approximate surface area is 141 Å². The highest BCUT2D eigenvalue weighted by Crippen LogP contribution is 2.26. The molecule has 5 heteroatoms. The summed E-state index contributed by atoms with van der Waals surface area (Å²) in [4.78, 5) is 12.1. The molecule has 0 saturated heterocycles. The Morgan fingerprint density at radius 3 is 2.43 bits per heavy atom. The van der Waals surface area contributed by atoms with Crippen molar-refractivity contribution >= 4 is 50.6 Å². The van der Waals surface area contributed by atoms with E-state index in [1.165, 1.54) is 0 Å². The number of carbonyl (C=O) groups excluding carboxylic acids is 1. The molecule has 0 atom stereocenters. The van der Waals surface area contributed by atoms with Crippen LogP contribution in [-0.4, -0.2) is 5.78 Å². The molecular formula is C16H12BrCl2NO. The molecule has 2 rings (SSSR count). The molecule has 108 valence electrons. The van der Waals surface area contributed by atoms with Crippen LogP contribution in [-0.2, 0) is 0 Å². The standard InChI is InChI=1S/C16H12BrCl2NO/c1-10(20-13-6-7-15(19)14(17)9-13)8-16(21)11-2-4-12(18)5-3-11/h2-9,20H,1H3/b10-8+. The van der Waals surface area contributed by atoms with Gasteiger partial charge in [0.05, 0.1) is 5.02 Å². The maximum absolute atomic E-state index is 12.1. The van der Waals surface area contributed by atoms with Crippen LogP contribution in [0.2, 0.25) is 10.0 Å². The molecule has 2 aromatic rings. The number of rotatable bonds is 4. The van der Waals surface area contributed by atoms with Gasteiger partial charge in [0.15, 0.2) is 5.78 Å². The van der Waals surface area contributed by atoms with Gasteiger partial charge in [0, 0.05) is 32.5 Å². The fourth-order valence-corrected chi connectivity index (χ4v) is 2.35. The van der Waals surface area contributed by atoms with Crippen LogP contribution in [0.15, 0.2) is 58.7 Å². The molecule has 2 aromatic carbocycles. The Bertz CT molecular complexity index is 696. The van der Waals surface area contributed by atoms with E-state index in [0.717, 1.165) is 15.9 Å². The van der Waals surface area contributed by atoms with Gasteiger partial charge in [-0.1, -0.05) is 23.2 Å². The minimum Gasteiger partial charge on any atom is -0.359 e. The first-order valence-electron chi connectivity index (χ1n) is 6.16. The van der Waals surface area contributed by atoms with Gasteiger partial charge in [-0.25, -0.2) is 0 Å². The second-order valence-electron chi connectivity index (χ2n) is 4.45. The van der Waals surface area contributed by atoms with Crippen molar-refractivity contribution in [1.82, 2.24) is 0 Å². The van der Waals surface area contributed by atoms with Crippen LogP contribution in [0.5, 0.6) is 0 Å². The lowest BCUT2D eigenvalue weighted by Crippen LogP contribution is -2.01. The number of nitrogens with one attached hydrogen (secondary N) is 1. The van der Waals surface area contributed by atoms with Crippen molar-refractivity contribution in [3.8, 4) is 0 Å². The summed E-state index contributed by atoms with van der Waals surface area (Å²) in [7, 11) is 0. The van der Waals surface area contributed by atoms with Gasteiger partial charge in [-0.15, -0.1) is 0 Å². The predicted octanol–water partition coefficient (Wildman–Crippen LogP) is 5.95. The zero-order valence-electron chi connectivity index (χ0n) is 11.2. The van der Waals surface area contributed by atoms with Crippen molar-refractivity contribution in [3.05, 3.63) is 74.3 Å². The summed E-state index contributed by atoms with van der Waals surface area (Å²) in [6.45, 7) is 1.83. The summed E-state index contributed by atoms with van der Waals surface area (Å²) in [5.74, 6) is -0.0790. The van der Waals surface area contributed by atoms with E-state index in [4.69, 9.17) is 23.2 Å². The molecule has 0 aromatic heterocycles. The maximum Gasteiger partial charge on any atom is 0.187 e. The first-order chi connectivity index (χ1) is 9.95. The zero-order chi connectivity index (χ0) is 15.4. The smallest absolute Gasteiger partial charge is 0.187 e. The highest BCUT2D eigenvalue weighted by atomic mass is 79.9. The van der Waals surface area contributed by atoms with E-state index in [2.05, 4.69) is 21.2 Å². The largest absolute Gasteiger partial charge is 0.359 e. The van der Waals surface area contributed by atoms with Crippen LogP contribution >= 0.6 is 39.1 Å². The minimum atomic E-state index is -0.0790. The van der Waals surface area contributed by atoms with E-state index in [9.17, 15) is 4.79 Å². The van der Waals surface area contributed by atoms with Gasteiger partial charge in [-0.2, -0.15) is 0 Å². The molecule has 0 heterocycles. The minimum absolute atomic E-state index is 0.0790. The molecule has 0 bridgehead atoms. The monoisotopic (exact) mass is 383 g/mol. The predicted molar refractivity (Wildman–Crippen MR) is 92.3 cm³/mol. The van der Waals surface area contributed by atoms with Crippen LogP contribution < -0.4 is 5.32 Å². The first kappa shape index (κ1) is 16.1. The molecule has 0 amide bonds. The third-order valence-electron chi connectivity index (χ3n) is 2.74. The third kappa shape index (κ3) is 4.60. The van der Waals surface area contributed by atoms with Crippen molar-refractivity contribution in [2.75, 3.05) is 5.32 Å². The fourth-order valence-electron chi connectivity index (χ4n) is 1.73. The lowest BCUT2D eigenvalue weighted by atomic mass is 10.1. The average molecular weight is 385 g/mol. The van der Waals surface area contributed by atoms with Crippen LogP contribution in [0.1, 0.15) is 17.3 Å². The summed E-state index contributed by atoms with van der Waals surface area (Å²) in [6.07, 6.45) is 1.55. The van der Waals surface area contributed by atoms with Crippen LogP contribution in [0.3, 0.4) is 0 Å². The molecule has 0 saturated carbocycles. The highest BCUT2D eigenvalue weighted by Gasteiger charge is 2.04. The molecule has 1 N–H and O–H groups in total. The molecule has 2 nitrogen and oxygen atoms in total. The summed E-state index contributed by atoms with van der Waals surface area (Å²) < 4.78 is 0.797. The van der Waals surface area contributed by atoms with Crippen molar-refractivity contribution in [2.45, 2.75) is 6.92 Å². The molecule has 0 unspecified atom stereocenters. The third-order valence-corrected chi connectivity index (χ3v) is 4.20. The molecule has 0 aliphatic rings. The molecule has 0 aliphatic heterocycles. The summed E-state index contributed by atoms with van der Waals surface area (Å²) in [5, 5.41) is 4.39.